The number of nitrogens with zero attached hydrogens (tertiary/aromatic N) is 1. The molecule has 2 unspecified atom stereocenters. The van der Waals surface area contributed by atoms with E-state index in [2.05, 4.69) is 10.3 Å². The second-order valence-electron chi connectivity index (χ2n) is 4.42. The van der Waals surface area contributed by atoms with Gasteiger partial charge in [0.15, 0.2) is 0 Å². The van der Waals surface area contributed by atoms with E-state index in [1.165, 1.54) is 0 Å². The van der Waals surface area contributed by atoms with E-state index in [1.54, 1.807) is 13.1 Å². The van der Waals surface area contributed by atoms with Gasteiger partial charge >= 0.3 is 0 Å². The number of hydrogen-bond acceptors (Lipinski definition) is 3. The van der Waals surface area contributed by atoms with Crippen LogP contribution in [0.4, 0.5) is 5.69 Å². The second kappa shape index (κ2) is 4.17. The Morgan fingerprint density at radius 1 is 1.39 bits per heavy atom. The highest BCUT2D eigenvalue weighted by molar-refractivity contribution is 7.85. The smallest absolute Gasteiger partial charge is 0.228 e. The molecule has 0 aliphatic carbocycles. The molecular weight excluding hydrogens is 248 g/mol. The minimum absolute atomic E-state index is 0.0980. The van der Waals surface area contributed by atoms with Crippen molar-refractivity contribution in [2.24, 2.45) is 5.92 Å². The number of aromatic nitrogens is 1. The van der Waals surface area contributed by atoms with Crippen LogP contribution in [0.15, 0.2) is 35.4 Å². The number of benzene rings is 1. The third-order valence-corrected chi connectivity index (χ3v) is 4.76. The van der Waals surface area contributed by atoms with Crippen molar-refractivity contribution < 1.29 is 9.00 Å². The van der Waals surface area contributed by atoms with Gasteiger partial charge in [-0.2, -0.15) is 0 Å². The Bertz CT molecular complexity index is 669. The molecule has 0 saturated heterocycles. The molecule has 0 saturated carbocycles. The highest BCUT2D eigenvalue weighted by atomic mass is 32.2. The van der Waals surface area contributed by atoms with Crippen LogP contribution < -0.4 is 5.32 Å². The van der Waals surface area contributed by atoms with Crippen LogP contribution in [0.2, 0.25) is 0 Å². The minimum atomic E-state index is -1.18. The number of nitrogens with one attached hydrogen (secondary N) is 1. The van der Waals surface area contributed by atoms with Crippen LogP contribution in [0.5, 0.6) is 0 Å². The summed E-state index contributed by atoms with van der Waals surface area (Å²) in [6.45, 7) is 1.79. The van der Waals surface area contributed by atoms with Crippen LogP contribution in [0.3, 0.4) is 0 Å². The van der Waals surface area contributed by atoms with Crippen LogP contribution in [-0.2, 0) is 15.6 Å². The molecule has 1 aliphatic rings. The van der Waals surface area contributed by atoms with Crippen LogP contribution in [0.1, 0.15) is 6.92 Å². The van der Waals surface area contributed by atoms with Gasteiger partial charge in [-0.15, -0.1) is 0 Å². The molecule has 3 rings (SSSR count). The molecular formula is C13H12N2O2S. The Labute approximate surface area is 107 Å². The highest BCUT2D eigenvalue weighted by Crippen LogP contribution is 2.30. The number of carbonyl (C=O) groups is 1. The maximum Gasteiger partial charge on any atom is 0.228 e. The van der Waals surface area contributed by atoms with Crippen molar-refractivity contribution in [1.82, 2.24) is 4.98 Å². The Morgan fingerprint density at radius 3 is 3.00 bits per heavy atom. The first-order chi connectivity index (χ1) is 8.66. The first-order valence-electron chi connectivity index (χ1n) is 5.74. The summed E-state index contributed by atoms with van der Waals surface area (Å²) in [7, 11) is -1.18. The number of carbonyl (C=O) groups excluding carboxylic acids is 1. The van der Waals surface area contributed by atoms with Crippen LogP contribution in [-0.4, -0.2) is 20.9 Å². The molecule has 92 valence electrons. The molecule has 1 N–H and O–H groups in total. The lowest BCUT2D eigenvalue weighted by atomic mass is 10.2. The summed E-state index contributed by atoms with van der Waals surface area (Å²) in [5.41, 5.74) is 1.37. The monoisotopic (exact) mass is 260 g/mol. The van der Waals surface area contributed by atoms with Gasteiger partial charge < -0.3 is 5.32 Å². The van der Waals surface area contributed by atoms with Crippen molar-refractivity contribution in [3.8, 4) is 0 Å². The molecule has 1 aliphatic heterocycles. The van der Waals surface area contributed by atoms with Crippen molar-refractivity contribution >= 4 is 33.3 Å². The molecule has 0 radical (unpaired) electrons. The summed E-state index contributed by atoms with van der Waals surface area (Å²) in [6.07, 6.45) is 1.59. The summed E-state index contributed by atoms with van der Waals surface area (Å²) < 4.78 is 12.4. The Morgan fingerprint density at radius 2 is 2.17 bits per heavy atom. The Balaban J connectivity index is 2.30. The number of amides is 1. The van der Waals surface area contributed by atoms with Gasteiger partial charge in [0.1, 0.15) is 0 Å². The minimum Gasteiger partial charge on any atom is -0.323 e. The molecule has 2 aromatic rings. The zero-order valence-corrected chi connectivity index (χ0v) is 10.7. The molecule has 0 fully saturated rings. The predicted octanol–water partition coefficient (Wildman–Crippen LogP) is 1.93. The van der Waals surface area contributed by atoms with Gasteiger partial charge in [0.2, 0.25) is 5.91 Å². The summed E-state index contributed by atoms with van der Waals surface area (Å²) in [5, 5.41) is 3.65. The first-order valence-corrected chi connectivity index (χ1v) is 7.05. The first kappa shape index (κ1) is 11.3. The van der Waals surface area contributed by atoms with E-state index in [0.29, 0.717) is 16.3 Å². The van der Waals surface area contributed by atoms with E-state index in [4.69, 9.17) is 0 Å². The van der Waals surface area contributed by atoms with Gasteiger partial charge in [-0.3, -0.25) is 14.0 Å². The molecule has 1 aromatic carbocycles. The standard InChI is InChI=1S/C13H12N2O2S/c1-8-7-18(17)12-9-4-2-3-5-10(9)14-6-11(12)15-13(8)16/h2-6,8H,7H2,1H3,(H,15,16). The van der Waals surface area contributed by atoms with Crippen molar-refractivity contribution in [2.45, 2.75) is 11.8 Å². The van der Waals surface area contributed by atoms with Gasteiger partial charge in [-0.25, -0.2) is 0 Å². The molecule has 1 aromatic heterocycles. The van der Waals surface area contributed by atoms with E-state index in [0.717, 1.165) is 10.9 Å². The fraction of sp³-hybridized carbons (Fsp3) is 0.231. The molecule has 5 heteroatoms. The maximum absolute atomic E-state index is 12.4. The molecule has 0 bridgehead atoms. The van der Waals surface area contributed by atoms with Gasteiger partial charge in [-0.05, 0) is 6.07 Å². The van der Waals surface area contributed by atoms with E-state index in [-0.39, 0.29) is 11.8 Å². The quantitative estimate of drug-likeness (QED) is 0.787. The normalized spacial score (nSPS) is 23.3. The fourth-order valence-corrected chi connectivity index (χ4v) is 3.63. The van der Waals surface area contributed by atoms with Crippen molar-refractivity contribution in [3.63, 3.8) is 0 Å². The number of hydrogen-bond donors (Lipinski definition) is 1. The van der Waals surface area contributed by atoms with Gasteiger partial charge in [0, 0.05) is 17.1 Å². The van der Waals surface area contributed by atoms with Gasteiger partial charge in [0.05, 0.1) is 33.1 Å². The number of anilines is 1. The summed E-state index contributed by atoms with van der Waals surface area (Å²) >= 11 is 0. The Hall–Kier alpha value is -1.75. The molecule has 2 heterocycles. The summed E-state index contributed by atoms with van der Waals surface area (Å²) in [5.74, 6) is 0.00325. The summed E-state index contributed by atoms with van der Waals surface area (Å²) in [4.78, 5) is 16.8. The largest absolute Gasteiger partial charge is 0.323 e. The zero-order valence-electron chi connectivity index (χ0n) is 9.84. The third-order valence-electron chi connectivity index (χ3n) is 3.06. The lowest BCUT2D eigenvalue weighted by Crippen LogP contribution is -2.21. The van der Waals surface area contributed by atoms with Crippen molar-refractivity contribution in [2.75, 3.05) is 11.1 Å². The topological polar surface area (TPSA) is 59.1 Å². The molecule has 18 heavy (non-hydrogen) atoms. The van der Waals surface area contributed by atoms with Gasteiger partial charge in [-0.1, -0.05) is 25.1 Å². The van der Waals surface area contributed by atoms with Crippen LogP contribution in [0.25, 0.3) is 10.9 Å². The number of rotatable bonds is 0. The maximum atomic E-state index is 12.4. The molecule has 0 spiro atoms. The molecule has 2 atom stereocenters. The van der Waals surface area contributed by atoms with Crippen LogP contribution >= 0.6 is 0 Å². The Kier molecular flexibility index (Phi) is 2.63. The fourth-order valence-electron chi connectivity index (χ4n) is 2.09. The lowest BCUT2D eigenvalue weighted by Gasteiger charge is -2.08. The number of fused-ring (bicyclic) bond motifs is 3. The second-order valence-corrected chi connectivity index (χ2v) is 5.85. The van der Waals surface area contributed by atoms with Crippen molar-refractivity contribution in [3.05, 3.63) is 30.5 Å². The average Bonchev–Trinajstić information content (AvgIpc) is 2.47. The molecule has 4 nitrogen and oxygen atoms in total. The number of para-hydroxylation sites is 1. The van der Waals surface area contributed by atoms with E-state index >= 15 is 0 Å². The van der Waals surface area contributed by atoms with E-state index in [1.807, 2.05) is 24.3 Å². The van der Waals surface area contributed by atoms with Crippen molar-refractivity contribution in [1.29, 1.82) is 0 Å². The number of pyridine rings is 1. The summed E-state index contributed by atoms with van der Waals surface area (Å²) in [6, 6.07) is 7.55. The molecule has 1 amide bonds. The van der Waals surface area contributed by atoms with E-state index in [9.17, 15) is 9.00 Å². The van der Waals surface area contributed by atoms with Gasteiger partial charge in [0.25, 0.3) is 0 Å². The van der Waals surface area contributed by atoms with Crippen LogP contribution in [0, 0.1) is 5.92 Å². The third kappa shape index (κ3) is 1.71. The lowest BCUT2D eigenvalue weighted by molar-refractivity contribution is -0.118. The zero-order chi connectivity index (χ0) is 12.7. The average molecular weight is 260 g/mol. The van der Waals surface area contributed by atoms with E-state index < -0.39 is 10.8 Å². The highest BCUT2D eigenvalue weighted by Gasteiger charge is 2.26. The SMILES string of the molecule is CC1CS(=O)c2c(cnc3ccccc23)NC1=O. The predicted molar refractivity (Wildman–Crippen MR) is 70.8 cm³/mol.